The Kier molecular flexibility index (Phi) is 8.06. The standard InChI is InChI=1S/C28H32N2O5S/c1-21-4-3-14-30-20-24(18-21)23-6-2-5-22(19-23)11-15-35-25-7-9-26(10-8-25)36(32,33)28(27(29)31)12-16-34-17-13-28/h2-3,5-10,14,18-21H,4,11-13,15-17H2,1H3,(H2,29,31)/b14-3+,24-18+,30-20+. The molecule has 2 aromatic carbocycles. The van der Waals surface area contributed by atoms with E-state index in [2.05, 4.69) is 42.3 Å². The zero-order valence-corrected chi connectivity index (χ0v) is 21.2. The fourth-order valence-electron chi connectivity index (χ4n) is 4.53. The molecule has 0 aliphatic carbocycles. The van der Waals surface area contributed by atoms with Crippen molar-refractivity contribution in [2.75, 3.05) is 19.8 Å². The average Bonchev–Trinajstić information content (AvgIpc) is 2.87. The minimum absolute atomic E-state index is 0.0559. The number of nitrogens with two attached hydrogens (primary N) is 1. The van der Waals surface area contributed by atoms with Crippen LogP contribution in [0, 0.1) is 5.92 Å². The Labute approximate surface area is 212 Å². The molecule has 2 aliphatic heterocycles. The SMILES string of the molecule is CC1\C=C(c2cccc(CCOc3ccc(S(=O)(=O)C4(C(N)=O)CCOCC4)cc3)c2)/C=N/C=C/C1. The Morgan fingerprint density at radius 3 is 2.64 bits per heavy atom. The van der Waals surface area contributed by atoms with Crippen molar-refractivity contribution >= 4 is 27.5 Å². The summed E-state index contributed by atoms with van der Waals surface area (Å²) in [6, 6.07) is 14.5. The Bertz CT molecular complexity index is 1270. The van der Waals surface area contributed by atoms with E-state index in [1.54, 1.807) is 12.1 Å². The Morgan fingerprint density at radius 1 is 1.17 bits per heavy atom. The van der Waals surface area contributed by atoms with Crippen LogP contribution in [0.4, 0.5) is 0 Å². The summed E-state index contributed by atoms with van der Waals surface area (Å²) in [5.41, 5.74) is 8.89. The predicted molar refractivity (Wildman–Crippen MR) is 141 cm³/mol. The molecular formula is C28H32N2O5S. The number of amides is 1. The molecule has 4 rings (SSSR count). The summed E-state index contributed by atoms with van der Waals surface area (Å²) in [6.45, 7) is 2.99. The molecule has 190 valence electrons. The van der Waals surface area contributed by atoms with E-state index >= 15 is 0 Å². The van der Waals surface area contributed by atoms with Gasteiger partial charge in [-0.25, -0.2) is 8.42 Å². The van der Waals surface area contributed by atoms with Gasteiger partial charge in [0.15, 0.2) is 14.6 Å². The molecule has 1 unspecified atom stereocenters. The number of carbonyl (C=O) groups is 1. The molecule has 2 aliphatic rings. The van der Waals surface area contributed by atoms with Gasteiger partial charge in [-0.05, 0) is 66.1 Å². The van der Waals surface area contributed by atoms with Crippen LogP contribution in [0.15, 0.2) is 76.8 Å². The highest BCUT2D eigenvalue weighted by Gasteiger charge is 2.51. The molecule has 0 aromatic heterocycles. The first kappa shape index (κ1) is 25.9. The molecule has 2 N–H and O–H groups in total. The van der Waals surface area contributed by atoms with Crippen molar-refractivity contribution in [1.82, 2.24) is 0 Å². The van der Waals surface area contributed by atoms with Crippen molar-refractivity contribution in [3.05, 3.63) is 78.0 Å². The molecule has 1 fully saturated rings. The van der Waals surface area contributed by atoms with Crippen LogP contribution in [0.3, 0.4) is 0 Å². The molecule has 0 bridgehead atoms. The highest BCUT2D eigenvalue weighted by Crippen LogP contribution is 2.35. The lowest BCUT2D eigenvalue weighted by molar-refractivity contribution is -0.122. The van der Waals surface area contributed by atoms with Crippen molar-refractivity contribution in [1.29, 1.82) is 0 Å². The van der Waals surface area contributed by atoms with Crippen LogP contribution in [-0.2, 0) is 25.8 Å². The van der Waals surface area contributed by atoms with Gasteiger partial charge in [0.1, 0.15) is 5.75 Å². The van der Waals surface area contributed by atoms with Crippen LogP contribution < -0.4 is 10.5 Å². The van der Waals surface area contributed by atoms with Crippen LogP contribution in [-0.4, -0.2) is 45.1 Å². The van der Waals surface area contributed by atoms with Crippen LogP contribution in [0.5, 0.6) is 5.75 Å². The first-order chi connectivity index (χ1) is 17.3. The van der Waals surface area contributed by atoms with E-state index in [-0.39, 0.29) is 31.0 Å². The van der Waals surface area contributed by atoms with E-state index in [0.29, 0.717) is 24.7 Å². The second-order valence-corrected chi connectivity index (χ2v) is 11.5. The number of aliphatic imine (C=N–C) groups is 1. The second-order valence-electron chi connectivity index (χ2n) is 9.24. The number of nitrogens with zero attached hydrogens (tertiary/aromatic N) is 1. The number of rotatable bonds is 8. The number of allylic oxidation sites excluding steroid dienone is 3. The highest BCUT2D eigenvalue weighted by molar-refractivity contribution is 7.93. The van der Waals surface area contributed by atoms with E-state index in [1.807, 2.05) is 18.5 Å². The van der Waals surface area contributed by atoms with Crippen molar-refractivity contribution in [2.45, 2.75) is 42.2 Å². The molecule has 8 heteroatoms. The number of ether oxygens (including phenoxy) is 2. The smallest absolute Gasteiger partial charge is 0.239 e. The second kappa shape index (κ2) is 11.2. The molecule has 0 spiro atoms. The maximum atomic E-state index is 13.3. The van der Waals surface area contributed by atoms with Gasteiger partial charge in [-0.15, -0.1) is 0 Å². The van der Waals surface area contributed by atoms with Gasteiger partial charge >= 0.3 is 0 Å². The minimum Gasteiger partial charge on any atom is -0.493 e. The molecule has 36 heavy (non-hydrogen) atoms. The van der Waals surface area contributed by atoms with Crippen LogP contribution in [0.1, 0.15) is 37.3 Å². The van der Waals surface area contributed by atoms with Gasteiger partial charge < -0.3 is 15.2 Å². The molecule has 7 nitrogen and oxygen atoms in total. The largest absolute Gasteiger partial charge is 0.493 e. The maximum absolute atomic E-state index is 13.3. The van der Waals surface area contributed by atoms with Crippen molar-refractivity contribution in [2.24, 2.45) is 16.6 Å². The van der Waals surface area contributed by atoms with E-state index in [0.717, 1.165) is 23.1 Å². The third-order valence-corrected chi connectivity index (χ3v) is 9.23. The van der Waals surface area contributed by atoms with Crippen LogP contribution in [0.25, 0.3) is 5.57 Å². The normalized spacial score (nSPS) is 22.9. The molecule has 1 saturated heterocycles. The number of primary amides is 1. The van der Waals surface area contributed by atoms with Gasteiger partial charge in [-0.1, -0.05) is 43.3 Å². The fraction of sp³-hybridized carbons (Fsp3) is 0.357. The van der Waals surface area contributed by atoms with Gasteiger partial charge in [-0.3, -0.25) is 9.79 Å². The monoisotopic (exact) mass is 508 g/mol. The maximum Gasteiger partial charge on any atom is 0.239 e. The van der Waals surface area contributed by atoms with E-state index in [4.69, 9.17) is 15.2 Å². The third kappa shape index (κ3) is 5.60. The van der Waals surface area contributed by atoms with Gasteiger partial charge in [0, 0.05) is 32.0 Å². The summed E-state index contributed by atoms with van der Waals surface area (Å²) in [6.07, 6.45) is 9.81. The lowest BCUT2D eigenvalue weighted by Crippen LogP contribution is -2.53. The zero-order valence-electron chi connectivity index (χ0n) is 20.4. The quantitative estimate of drug-likeness (QED) is 0.577. The molecule has 1 amide bonds. The number of hydrogen-bond donors (Lipinski definition) is 1. The van der Waals surface area contributed by atoms with Crippen molar-refractivity contribution < 1.29 is 22.7 Å². The molecule has 2 aromatic rings. The van der Waals surface area contributed by atoms with Gasteiger partial charge in [0.05, 0.1) is 11.5 Å². The minimum atomic E-state index is -3.96. The average molecular weight is 509 g/mol. The van der Waals surface area contributed by atoms with Gasteiger partial charge in [0.2, 0.25) is 5.91 Å². The van der Waals surface area contributed by atoms with Crippen molar-refractivity contribution in [3.8, 4) is 5.75 Å². The zero-order chi connectivity index (χ0) is 25.6. The van der Waals surface area contributed by atoms with Crippen LogP contribution in [0.2, 0.25) is 0 Å². The Morgan fingerprint density at radius 2 is 1.92 bits per heavy atom. The summed E-state index contributed by atoms with van der Waals surface area (Å²) in [4.78, 5) is 16.6. The summed E-state index contributed by atoms with van der Waals surface area (Å²) in [5, 5.41) is 0. The van der Waals surface area contributed by atoms with Crippen LogP contribution >= 0.6 is 0 Å². The lowest BCUT2D eigenvalue weighted by atomic mass is 9.97. The van der Waals surface area contributed by atoms with E-state index < -0.39 is 20.5 Å². The molecule has 2 heterocycles. The van der Waals surface area contributed by atoms with Gasteiger partial charge in [-0.2, -0.15) is 0 Å². The number of sulfone groups is 1. The summed E-state index contributed by atoms with van der Waals surface area (Å²) in [7, 11) is -3.96. The molecular weight excluding hydrogens is 476 g/mol. The van der Waals surface area contributed by atoms with Gasteiger partial charge in [0.25, 0.3) is 0 Å². The third-order valence-electron chi connectivity index (χ3n) is 6.69. The molecule has 0 radical (unpaired) electrons. The number of hydrogen-bond acceptors (Lipinski definition) is 6. The van der Waals surface area contributed by atoms with E-state index in [9.17, 15) is 13.2 Å². The first-order valence-corrected chi connectivity index (χ1v) is 13.6. The number of benzene rings is 2. The summed E-state index contributed by atoms with van der Waals surface area (Å²) < 4.78 is 36.0. The summed E-state index contributed by atoms with van der Waals surface area (Å²) in [5.74, 6) is 0.160. The van der Waals surface area contributed by atoms with E-state index in [1.165, 1.54) is 12.1 Å². The Hall–Kier alpha value is -3.23. The predicted octanol–water partition coefficient (Wildman–Crippen LogP) is 4.12. The number of carbonyl (C=O) groups excluding carboxylic acids is 1. The Balaban J connectivity index is 1.40. The highest BCUT2D eigenvalue weighted by atomic mass is 32.2. The first-order valence-electron chi connectivity index (χ1n) is 12.2. The summed E-state index contributed by atoms with van der Waals surface area (Å²) >= 11 is 0. The fourth-order valence-corrected chi connectivity index (χ4v) is 6.45. The van der Waals surface area contributed by atoms with Crippen molar-refractivity contribution in [3.63, 3.8) is 0 Å². The lowest BCUT2D eigenvalue weighted by Gasteiger charge is -2.33. The molecule has 0 saturated carbocycles. The topological polar surface area (TPSA) is 108 Å². The molecule has 1 atom stereocenters.